The van der Waals surface area contributed by atoms with Crippen molar-refractivity contribution in [3.63, 3.8) is 0 Å². The van der Waals surface area contributed by atoms with E-state index in [9.17, 15) is 0 Å². The Morgan fingerprint density at radius 3 is 2.16 bits per heavy atom. The van der Waals surface area contributed by atoms with Gasteiger partial charge in [-0.15, -0.1) is 0 Å². The molecule has 0 saturated heterocycles. The van der Waals surface area contributed by atoms with E-state index in [1.54, 1.807) is 11.1 Å². The molecule has 1 aromatic carbocycles. The minimum Gasteiger partial charge on any atom is -0.329 e. The summed E-state index contributed by atoms with van der Waals surface area (Å²) in [6.45, 7) is 3.21. The van der Waals surface area contributed by atoms with Gasteiger partial charge >= 0.3 is 0 Å². The molecule has 1 heterocycles. The first kappa shape index (κ1) is 13.1. The summed E-state index contributed by atoms with van der Waals surface area (Å²) < 4.78 is 0. The summed E-state index contributed by atoms with van der Waals surface area (Å²) in [4.78, 5) is 2.68. The fourth-order valence-corrected chi connectivity index (χ4v) is 4.00. The van der Waals surface area contributed by atoms with Gasteiger partial charge in [0.2, 0.25) is 0 Å². The second-order valence-corrected chi connectivity index (χ2v) is 6.15. The van der Waals surface area contributed by atoms with Crippen LogP contribution in [0.3, 0.4) is 0 Å². The van der Waals surface area contributed by atoms with Crippen LogP contribution < -0.4 is 5.73 Å². The molecule has 3 rings (SSSR count). The third-order valence-corrected chi connectivity index (χ3v) is 5.11. The molecule has 1 aliphatic carbocycles. The van der Waals surface area contributed by atoms with Gasteiger partial charge in [-0.25, -0.2) is 0 Å². The molecule has 19 heavy (non-hydrogen) atoms. The van der Waals surface area contributed by atoms with Crippen LogP contribution in [0, 0.1) is 5.92 Å². The first-order valence-corrected chi connectivity index (χ1v) is 7.89. The molecule has 1 atom stereocenters. The fourth-order valence-electron chi connectivity index (χ4n) is 4.00. The highest BCUT2D eigenvalue weighted by Gasteiger charge is 2.29. The van der Waals surface area contributed by atoms with Crippen LogP contribution >= 0.6 is 0 Å². The molecule has 2 N–H and O–H groups in total. The van der Waals surface area contributed by atoms with Gasteiger partial charge in [-0.1, -0.05) is 37.1 Å². The van der Waals surface area contributed by atoms with E-state index in [0.29, 0.717) is 6.04 Å². The molecule has 2 nitrogen and oxygen atoms in total. The Kier molecular flexibility index (Phi) is 4.19. The smallest absolute Gasteiger partial charge is 0.0246 e. The highest BCUT2D eigenvalue weighted by atomic mass is 15.2. The number of rotatable bonds is 3. The zero-order valence-electron chi connectivity index (χ0n) is 11.9. The summed E-state index contributed by atoms with van der Waals surface area (Å²) in [5.74, 6) is 0.853. The molecule has 104 valence electrons. The average Bonchev–Trinajstić information content (AvgIpc) is 2.88. The van der Waals surface area contributed by atoms with Crippen LogP contribution in [-0.4, -0.2) is 30.6 Å². The Bertz CT molecular complexity index is 382. The van der Waals surface area contributed by atoms with Crippen LogP contribution in [0.15, 0.2) is 24.3 Å². The summed E-state index contributed by atoms with van der Waals surface area (Å²) in [7, 11) is 0. The van der Waals surface area contributed by atoms with E-state index < -0.39 is 0 Å². The number of benzene rings is 1. The lowest BCUT2D eigenvalue weighted by Crippen LogP contribution is -2.46. The van der Waals surface area contributed by atoms with Gasteiger partial charge in [0.15, 0.2) is 0 Å². The number of nitrogens with two attached hydrogens (primary N) is 1. The molecular weight excluding hydrogens is 232 g/mol. The van der Waals surface area contributed by atoms with Crippen molar-refractivity contribution in [3.05, 3.63) is 35.4 Å². The van der Waals surface area contributed by atoms with Crippen LogP contribution in [0.2, 0.25) is 0 Å². The molecule has 0 bridgehead atoms. The highest BCUT2D eigenvalue weighted by molar-refractivity contribution is 5.28. The van der Waals surface area contributed by atoms with Gasteiger partial charge in [-0.05, 0) is 42.7 Å². The maximum absolute atomic E-state index is 6.10. The van der Waals surface area contributed by atoms with E-state index in [1.807, 2.05) is 0 Å². The molecular formula is C17H26N2. The van der Waals surface area contributed by atoms with Crippen molar-refractivity contribution < 1.29 is 0 Å². The molecule has 1 saturated carbocycles. The number of nitrogens with zero attached hydrogens (tertiary/aromatic N) is 1. The summed E-state index contributed by atoms with van der Waals surface area (Å²) in [6, 6.07) is 9.56. The Labute approximate surface area is 117 Å². The zero-order valence-corrected chi connectivity index (χ0v) is 11.9. The minimum absolute atomic E-state index is 0.622. The lowest BCUT2D eigenvalue weighted by atomic mass is 9.96. The van der Waals surface area contributed by atoms with E-state index in [1.165, 1.54) is 51.6 Å². The predicted molar refractivity (Wildman–Crippen MR) is 80.2 cm³/mol. The van der Waals surface area contributed by atoms with Gasteiger partial charge in [-0.3, -0.25) is 4.90 Å². The Hall–Kier alpha value is -0.860. The van der Waals surface area contributed by atoms with Crippen LogP contribution in [0.25, 0.3) is 0 Å². The van der Waals surface area contributed by atoms with E-state index in [0.717, 1.165) is 12.5 Å². The van der Waals surface area contributed by atoms with Crippen LogP contribution in [0.5, 0.6) is 0 Å². The molecule has 0 spiro atoms. The van der Waals surface area contributed by atoms with Crippen LogP contribution in [0.4, 0.5) is 0 Å². The Morgan fingerprint density at radius 2 is 1.63 bits per heavy atom. The Morgan fingerprint density at radius 1 is 1.05 bits per heavy atom. The second kappa shape index (κ2) is 6.06. The maximum atomic E-state index is 6.10. The average molecular weight is 258 g/mol. The van der Waals surface area contributed by atoms with Gasteiger partial charge in [0.25, 0.3) is 0 Å². The molecule has 1 fully saturated rings. The van der Waals surface area contributed by atoms with Crippen molar-refractivity contribution in [2.75, 3.05) is 19.6 Å². The van der Waals surface area contributed by atoms with E-state index in [2.05, 4.69) is 29.2 Å². The SMILES string of the molecule is NCC(C1CCCC1)N1CCc2ccccc2CC1. The third-order valence-electron chi connectivity index (χ3n) is 5.11. The van der Waals surface area contributed by atoms with Gasteiger partial charge in [0.05, 0.1) is 0 Å². The molecule has 0 radical (unpaired) electrons. The number of hydrogen-bond donors (Lipinski definition) is 1. The summed E-state index contributed by atoms with van der Waals surface area (Å²) in [5.41, 5.74) is 9.19. The minimum atomic E-state index is 0.622. The van der Waals surface area contributed by atoms with Crippen molar-refractivity contribution >= 4 is 0 Å². The highest BCUT2D eigenvalue weighted by Crippen LogP contribution is 2.31. The van der Waals surface area contributed by atoms with Crippen molar-refractivity contribution in [3.8, 4) is 0 Å². The number of hydrogen-bond acceptors (Lipinski definition) is 2. The summed E-state index contributed by atoms with van der Waals surface area (Å²) >= 11 is 0. The standard InChI is InChI=1S/C17H26N2/c18-13-17(16-7-3-4-8-16)19-11-9-14-5-1-2-6-15(14)10-12-19/h1-2,5-6,16-17H,3-4,7-13,18H2. The first-order valence-electron chi connectivity index (χ1n) is 7.89. The van der Waals surface area contributed by atoms with Gasteiger partial charge in [0, 0.05) is 25.7 Å². The monoisotopic (exact) mass is 258 g/mol. The molecule has 1 unspecified atom stereocenters. The third kappa shape index (κ3) is 2.85. The molecule has 1 aliphatic heterocycles. The summed E-state index contributed by atoms with van der Waals surface area (Å²) in [5, 5.41) is 0. The van der Waals surface area contributed by atoms with Crippen LogP contribution in [-0.2, 0) is 12.8 Å². The predicted octanol–water partition coefficient (Wildman–Crippen LogP) is 2.60. The molecule has 2 aliphatic rings. The molecule has 2 heteroatoms. The first-order chi connectivity index (χ1) is 9.38. The van der Waals surface area contributed by atoms with E-state index >= 15 is 0 Å². The second-order valence-electron chi connectivity index (χ2n) is 6.15. The van der Waals surface area contributed by atoms with Crippen molar-refractivity contribution in [2.24, 2.45) is 11.7 Å². The lowest BCUT2D eigenvalue weighted by molar-refractivity contribution is 0.153. The molecule has 0 aromatic heterocycles. The summed E-state index contributed by atoms with van der Waals surface area (Å²) in [6.07, 6.45) is 8.00. The van der Waals surface area contributed by atoms with E-state index in [-0.39, 0.29) is 0 Å². The number of fused-ring (bicyclic) bond motifs is 1. The zero-order chi connectivity index (χ0) is 13.1. The Balaban J connectivity index is 1.69. The van der Waals surface area contributed by atoms with Gasteiger partial charge < -0.3 is 5.73 Å². The van der Waals surface area contributed by atoms with Crippen molar-refractivity contribution in [2.45, 2.75) is 44.6 Å². The maximum Gasteiger partial charge on any atom is 0.0246 e. The topological polar surface area (TPSA) is 29.3 Å². The van der Waals surface area contributed by atoms with Gasteiger partial charge in [-0.2, -0.15) is 0 Å². The van der Waals surface area contributed by atoms with Crippen molar-refractivity contribution in [1.82, 2.24) is 4.90 Å². The fraction of sp³-hybridized carbons (Fsp3) is 0.647. The van der Waals surface area contributed by atoms with Crippen LogP contribution in [0.1, 0.15) is 36.8 Å². The van der Waals surface area contributed by atoms with Crippen molar-refractivity contribution in [1.29, 1.82) is 0 Å². The van der Waals surface area contributed by atoms with Gasteiger partial charge in [0.1, 0.15) is 0 Å². The quantitative estimate of drug-likeness (QED) is 0.903. The normalized spacial score (nSPS) is 23.0. The largest absolute Gasteiger partial charge is 0.329 e. The lowest BCUT2D eigenvalue weighted by Gasteiger charge is -2.34. The molecule has 0 amide bonds. The van der Waals surface area contributed by atoms with E-state index in [4.69, 9.17) is 5.73 Å². The molecule has 1 aromatic rings.